The van der Waals surface area contributed by atoms with Crippen molar-refractivity contribution >= 4 is 23.4 Å². The van der Waals surface area contributed by atoms with Crippen molar-refractivity contribution in [3.05, 3.63) is 47.5 Å². The zero-order valence-corrected chi connectivity index (χ0v) is 23.5. The number of esters is 1. The quantitative estimate of drug-likeness (QED) is 0.111. The number of carbonyl (C=O) groups excluding carboxylic acids is 2. The largest absolute Gasteiger partial charge is 0.464 e. The van der Waals surface area contributed by atoms with Crippen molar-refractivity contribution in [3.8, 4) is 0 Å². The number of nitrogens with zero attached hydrogens (tertiary/aromatic N) is 1. The molecule has 37 heavy (non-hydrogen) atoms. The molecule has 0 radical (unpaired) electrons. The number of halogens is 1. The number of benzene rings is 1. The van der Waals surface area contributed by atoms with Crippen LogP contribution < -0.4 is 0 Å². The number of aliphatic hydroxyl groups is 1. The lowest BCUT2D eigenvalue weighted by Crippen LogP contribution is -2.38. The number of allylic oxidation sites excluding steroid dienone is 2. The van der Waals surface area contributed by atoms with E-state index >= 15 is 0 Å². The van der Waals surface area contributed by atoms with Crippen LogP contribution in [0, 0.1) is 0 Å². The van der Waals surface area contributed by atoms with Crippen molar-refractivity contribution in [1.82, 2.24) is 4.90 Å². The first-order chi connectivity index (χ1) is 17.9. The van der Waals surface area contributed by atoms with Crippen LogP contribution in [0.15, 0.2) is 36.4 Å². The Labute approximate surface area is 228 Å². The summed E-state index contributed by atoms with van der Waals surface area (Å²) in [6.07, 6.45) is 11.4. The molecule has 0 bridgehead atoms. The topological polar surface area (TPSA) is 76.1 Å². The molecule has 1 N–H and O–H groups in total. The van der Waals surface area contributed by atoms with Gasteiger partial charge in [0.05, 0.1) is 19.3 Å². The third-order valence-electron chi connectivity index (χ3n) is 6.90. The molecule has 1 aliphatic heterocycles. The molecule has 2 unspecified atom stereocenters. The van der Waals surface area contributed by atoms with Gasteiger partial charge in [-0.25, -0.2) is 0 Å². The Bertz CT molecular complexity index is 807. The number of hydrogen-bond donors (Lipinski definition) is 1. The molecule has 1 aromatic rings. The molecule has 2 aliphatic rings. The fraction of sp³-hybridized carbons (Fsp3) is 0.667. The molecular formula is C30H46ClNO5. The van der Waals surface area contributed by atoms with Gasteiger partial charge in [0.25, 0.3) is 0 Å². The van der Waals surface area contributed by atoms with Crippen molar-refractivity contribution in [2.75, 3.05) is 39.5 Å². The Kier molecular flexibility index (Phi) is 15.8. The maximum absolute atomic E-state index is 12.0. The maximum atomic E-state index is 12.0. The third kappa shape index (κ3) is 12.6. The number of aliphatic hydroxyl groups excluding tert-OH is 1. The summed E-state index contributed by atoms with van der Waals surface area (Å²) in [5, 5.41) is 10.0. The molecule has 0 aromatic heterocycles. The van der Waals surface area contributed by atoms with Gasteiger partial charge in [0.2, 0.25) is 0 Å². The molecule has 3 rings (SSSR count). The van der Waals surface area contributed by atoms with Crippen LogP contribution in [-0.2, 0) is 14.3 Å². The normalized spacial score (nSPS) is 22.0. The number of hydrogen-bond acceptors (Lipinski definition) is 6. The molecule has 3 atom stereocenters. The van der Waals surface area contributed by atoms with E-state index in [1.54, 1.807) is 0 Å². The molecule has 7 heteroatoms. The Morgan fingerprint density at radius 1 is 1.11 bits per heavy atom. The lowest BCUT2D eigenvalue weighted by Gasteiger charge is -2.26. The summed E-state index contributed by atoms with van der Waals surface area (Å²) in [6.45, 7) is 8.91. The number of ketones is 1. The van der Waals surface area contributed by atoms with Gasteiger partial charge in [-0.2, -0.15) is 0 Å². The van der Waals surface area contributed by atoms with Gasteiger partial charge in [0.15, 0.2) is 5.78 Å². The highest BCUT2D eigenvalue weighted by molar-refractivity contribution is 6.20. The van der Waals surface area contributed by atoms with Crippen LogP contribution in [0.3, 0.4) is 0 Å². The molecular weight excluding hydrogens is 490 g/mol. The number of Topliss-reactive ketones (excluding diaryl/α,β-unsaturated/α-hetero) is 1. The highest BCUT2D eigenvalue weighted by atomic mass is 35.5. The second-order valence-corrected chi connectivity index (χ2v) is 10.5. The second-order valence-electron chi connectivity index (χ2n) is 9.88. The number of unbranched alkanes of at least 4 members (excludes halogenated alkanes) is 3. The highest BCUT2D eigenvalue weighted by Crippen LogP contribution is 2.37. The second kappa shape index (κ2) is 18.5. The highest BCUT2D eigenvalue weighted by Gasteiger charge is 2.32. The van der Waals surface area contributed by atoms with Gasteiger partial charge >= 0.3 is 5.97 Å². The minimum absolute atomic E-state index is 0.0605. The molecule has 2 fully saturated rings. The number of carbonyl (C=O) groups is 2. The first-order valence-corrected chi connectivity index (χ1v) is 14.4. The Morgan fingerprint density at radius 3 is 2.46 bits per heavy atom. The van der Waals surface area contributed by atoms with Crippen LogP contribution in [0.2, 0.25) is 0 Å². The fourth-order valence-electron chi connectivity index (χ4n) is 4.63. The SMILES string of the molecule is C/C=C\CCCC(=O)OCCN1CCOCC1.CCCCCC(=O)c1ccc([C@@H]2CC(Cl)CC2O)cc1. The first kappa shape index (κ1) is 31.5. The summed E-state index contributed by atoms with van der Waals surface area (Å²) in [7, 11) is 0. The number of morpholine rings is 1. The van der Waals surface area contributed by atoms with E-state index in [-0.39, 0.29) is 29.2 Å². The zero-order valence-electron chi connectivity index (χ0n) is 22.7. The van der Waals surface area contributed by atoms with E-state index < -0.39 is 0 Å². The van der Waals surface area contributed by atoms with Crippen LogP contribution in [0.4, 0.5) is 0 Å². The average molecular weight is 536 g/mol. The van der Waals surface area contributed by atoms with Crippen LogP contribution in [0.5, 0.6) is 0 Å². The minimum Gasteiger partial charge on any atom is -0.464 e. The van der Waals surface area contributed by atoms with Gasteiger partial charge in [-0.1, -0.05) is 56.2 Å². The number of ether oxygens (including phenoxy) is 2. The minimum atomic E-state index is -0.358. The van der Waals surface area contributed by atoms with Crippen molar-refractivity contribution < 1.29 is 24.2 Å². The van der Waals surface area contributed by atoms with Crippen molar-refractivity contribution in [2.24, 2.45) is 0 Å². The standard InChI is InChI=1S/C17H23ClO2.C13H23NO3/c1-2-3-4-5-16(19)13-8-6-12(7-9-13)15-10-14(18)11-17(15)20;1-2-3-4-5-6-13(15)17-12-9-14-7-10-16-11-8-14/h6-9,14-15,17,20H,2-5,10-11H2,1H3;2-3H,4-12H2,1H3/b;3-2-/t14?,15-,17?;/m0./s1. The predicted octanol–water partition coefficient (Wildman–Crippen LogP) is 5.90. The average Bonchev–Trinajstić information content (AvgIpc) is 3.25. The molecule has 0 spiro atoms. The van der Waals surface area contributed by atoms with Gasteiger partial charge in [0, 0.05) is 49.3 Å². The zero-order chi connectivity index (χ0) is 26.9. The summed E-state index contributed by atoms with van der Waals surface area (Å²) >= 11 is 6.09. The lowest BCUT2D eigenvalue weighted by atomic mass is 9.94. The van der Waals surface area contributed by atoms with Crippen molar-refractivity contribution in [1.29, 1.82) is 0 Å². The van der Waals surface area contributed by atoms with Gasteiger partial charge in [-0.15, -0.1) is 11.6 Å². The Hall–Kier alpha value is -1.73. The summed E-state index contributed by atoms with van der Waals surface area (Å²) in [5.41, 5.74) is 1.87. The van der Waals surface area contributed by atoms with E-state index in [4.69, 9.17) is 21.1 Å². The summed E-state index contributed by atoms with van der Waals surface area (Å²) in [5.74, 6) is 0.247. The van der Waals surface area contributed by atoms with E-state index in [1.165, 1.54) is 0 Å². The molecule has 0 amide bonds. The van der Waals surface area contributed by atoms with Crippen molar-refractivity contribution in [2.45, 2.75) is 89.0 Å². The summed E-state index contributed by atoms with van der Waals surface area (Å²) < 4.78 is 10.4. The maximum Gasteiger partial charge on any atom is 0.305 e. The van der Waals surface area contributed by atoms with Crippen LogP contribution >= 0.6 is 11.6 Å². The fourth-order valence-corrected chi connectivity index (χ4v) is 5.00. The van der Waals surface area contributed by atoms with Crippen LogP contribution in [0.1, 0.15) is 93.5 Å². The molecule has 1 saturated carbocycles. The van der Waals surface area contributed by atoms with Gasteiger partial charge in [-0.3, -0.25) is 14.5 Å². The van der Waals surface area contributed by atoms with E-state index in [0.29, 0.717) is 25.9 Å². The molecule has 1 heterocycles. The molecule has 6 nitrogen and oxygen atoms in total. The molecule has 1 saturated heterocycles. The number of rotatable bonds is 13. The number of alkyl halides is 1. The Balaban J connectivity index is 0.000000264. The van der Waals surface area contributed by atoms with Crippen LogP contribution in [0.25, 0.3) is 0 Å². The van der Waals surface area contributed by atoms with Crippen LogP contribution in [-0.4, -0.2) is 72.7 Å². The van der Waals surface area contributed by atoms with Gasteiger partial charge < -0.3 is 14.6 Å². The van der Waals surface area contributed by atoms with E-state index in [0.717, 1.165) is 82.5 Å². The summed E-state index contributed by atoms with van der Waals surface area (Å²) in [4.78, 5) is 25.6. The summed E-state index contributed by atoms with van der Waals surface area (Å²) in [6, 6.07) is 7.71. The van der Waals surface area contributed by atoms with Gasteiger partial charge in [-0.05, 0) is 44.6 Å². The molecule has 1 aliphatic carbocycles. The lowest BCUT2D eigenvalue weighted by molar-refractivity contribution is -0.144. The predicted molar refractivity (Wildman–Crippen MR) is 149 cm³/mol. The monoisotopic (exact) mass is 535 g/mol. The third-order valence-corrected chi connectivity index (χ3v) is 7.26. The Morgan fingerprint density at radius 2 is 1.84 bits per heavy atom. The van der Waals surface area contributed by atoms with E-state index in [9.17, 15) is 14.7 Å². The molecule has 208 valence electrons. The smallest absolute Gasteiger partial charge is 0.305 e. The van der Waals surface area contributed by atoms with Gasteiger partial charge in [0.1, 0.15) is 6.61 Å². The first-order valence-electron chi connectivity index (χ1n) is 14.0. The van der Waals surface area contributed by atoms with E-state index in [2.05, 4.69) is 17.9 Å². The molecule has 1 aromatic carbocycles. The van der Waals surface area contributed by atoms with E-state index in [1.807, 2.05) is 37.3 Å². The van der Waals surface area contributed by atoms with Crippen molar-refractivity contribution in [3.63, 3.8) is 0 Å².